The first-order chi connectivity index (χ1) is 13.7. The standard InChI is InChI=1S/C19H29N7O2.HI/c1-4-10-28-18-14(6-5-9-21-18)11-22-19(20-2)23-15-7-8-17-24-16(13-27-3)25-26(17)12-15;/h5-6,9,15H,4,7-8,10-13H2,1-3H3,(H2,20,22,23);1H. The fourth-order valence-electron chi connectivity index (χ4n) is 3.12. The number of nitrogens with one attached hydrogen (secondary N) is 2. The van der Waals surface area contributed by atoms with Gasteiger partial charge in [0.25, 0.3) is 0 Å². The zero-order chi connectivity index (χ0) is 19.8. The fraction of sp³-hybridized carbons (Fsp3) is 0.579. The Balaban J connectivity index is 0.00000300. The van der Waals surface area contributed by atoms with E-state index in [0.717, 1.165) is 49.0 Å². The van der Waals surface area contributed by atoms with E-state index in [2.05, 4.69) is 37.6 Å². The topological polar surface area (TPSA) is 98.5 Å². The van der Waals surface area contributed by atoms with Gasteiger partial charge in [-0.2, -0.15) is 5.10 Å². The minimum absolute atomic E-state index is 0. The lowest BCUT2D eigenvalue weighted by molar-refractivity contribution is 0.177. The van der Waals surface area contributed by atoms with Gasteiger partial charge in [-0.3, -0.25) is 4.99 Å². The Morgan fingerprint density at radius 2 is 2.28 bits per heavy atom. The van der Waals surface area contributed by atoms with Crippen molar-refractivity contribution in [1.82, 2.24) is 30.4 Å². The summed E-state index contributed by atoms with van der Waals surface area (Å²) in [7, 11) is 3.43. The molecule has 0 bridgehead atoms. The van der Waals surface area contributed by atoms with Gasteiger partial charge in [0.05, 0.1) is 13.2 Å². The van der Waals surface area contributed by atoms with Gasteiger partial charge >= 0.3 is 0 Å². The number of aliphatic imine (C=N–C) groups is 1. The zero-order valence-corrected chi connectivity index (χ0v) is 19.6. The van der Waals surface area contributed by atoms with Crippen LogP contribution in [0.15, 0.2) is 23.3 Å². The average molecular weight is 515 g/mol. The first kappa shape index (κ1) is 23.3. The van der Waals surface area contributed by atoms with Crippen LogP contribution in [0.3, 0.4) is 0 Å². The van der Waals surface area contributed by atoms with Crippen molar-refractivity contribution < 1.29 is 9.47 Å². The number of aryl methyl sites for hydroxylation is 1. The number of fused-ring (bicyclic) bond motifs is 1. The molecule has 2 aromatic rings. The molecule has 9 nitrogen and oxygen atoms in total. The van der Waals surface area contributed by atoms with E-state index >= 15 is 0 Å². The van der Waals surface area contributed by atoms with Crippen molar-refractivity contribution in [2.24, 2.45) is 4.99 Å². The van der Waals surface area contributed by atoms with E-state index in [0.29, 0.717) is 25.6 Å². The number of hydrogen-bond acceptors (Lipinski definition) is 6. The molecular weight excluding hydrogens is 485 g/mol. The van der Waals surface area contributed by atoms with Gasteiger partial charge in [0, 0.05) is 44.9 Å². The molecule has 0 saturated heterocycles. The molecule has 0 radical (unpaired) electrons. The summed E-state index contributed by atoms with van der Waals surface area (Å²) in [6, 6.07) is 4.16. The molecule has 0 aromatic carbocycles. The highest BCUT2D eigenvalue weighted by molar-refractivity contribution is 14.0. The van der Waals surface area contributed by atoms with Crippen molar-refractivity contribution >= 4 is 29.9 Å². The second-order valence-electron chi connectivity index (χ2n) is 6.68. The Morgan fingerprint density at radius 1 is 1.41 bits per heavy atom. The minimum atomic E-state index is 0. The average Bonchev–Trinajstić information content (AvgIpc) is 3.12. The van der Waals surface area contributed by atoms with Crippen molar-refractivity contribution in [3.63, 3.8) is 0 Å². The van der Waals surface area contributed by atoms with Gasteiger partial charge in [0.2, 0.25) is 5.88 Å². The van der Waals surface area contributed by atoms with Gasteiger partial charge in [-0.15, -0.1) is 24.0 Å². The molecular formula is C19H30IN7O2. The number of aromatic nitrogens is 4. The third-order valence-corrected chi connectivity index (χ3v) is 4.48. The predicted molar refractivity (Wildman–Crippen MR) is 122 cm³/mol. The van der Waals surface area contributed by atoms with Crippen LogP contribution in [0, 0.1) is 0 Å². The number of rotatable bonds is 8. The molecule has 10 heteroatoms. The third-order valence-electron chi connectivity index (χ3n) is 4.48. The van der Waals surface area contributed by atoms with Crippen LogP contribution in [0.4, 0.5) is 0 Å². The monoisotopic (exact) mass is 515 g/mol. The highest BCUT2D eigenvalue weighted by Crippen LogP contribution is 2.15. The molecule has 0 spiro atoms. The summed E-state index contributed by atoms with van der Waals surface area (Å²) in [5.41, 5.74) is 1.00. The van der Waals surface area contributed by atoms with Gasteiger partial charge in [0.15, 0.2) is 11.8 Å². The van der Waals surface area contributed by atoms with E-state index in [9.17, 15) is 0 Å². The molecule has 1 aliphatic heterocycles. The second kappa shape index (κ2) is 11.9. The predicted octanol–water partition coefficient (Wildman–Crippen LogP) is 1.91. The molecule has 3 heterocycles. The van der Waals surface area contributed by atoms with E-state index < -0.39 is 0 Å². The molecule has 2 N–H and O–H groups in total. The third kappa shape index (κ3) is 6.53. The van der Waals surface area contributed by atoms with Gasteiger partial charge in [-0.05, 0) is 18.9 Å². The Kier molecular flexibility index (Phi) is 9.58. The number of hydrogen-bond donors (Lipinski definition) is 2. The summed E-state index contributed by atoms with van der Waals surface area (Å²) in [6.07, 6.45) is 4.55. The van der Waals surface area contributed by atoms with Crippen LogP contribution in [0.5, 0.6) is 5.88 Å². The van der Waals surface area contributed by atoms with Gasteiger partial charge in [0.1, 0.15) is 12.4 Å². The van der Waals surface area contributed by atoms with Gasteiger partial charge in [-0.1, -0.05) is 13.0 Å². The molecule has 1 atom stereocenters. The van der Waals surface area contributed by atoms with Crippen LogP contribution < -0.4 is 15.4 Å². The molecule has 0 fully saturated rings. The lowest BCUT2D eigenvalue weighted by atomic mass is 10.1. The number of nitrogens with zero attached hydrogens (tertiary/aromatic N) is 5. The molecule has 0 amide bonds. The van der Waals surface area contributed by atoms with Gasteiger partial charge in [-0.25, -0.2) is 14.6 Å². The fourth-order valence-corrected chi connectivity index (χ4v) is 3.12. The van der Waals surface area contributed by atoms with E-state index in [4.69, 9.17) is 9.47 Å². The van der Waals surface area contributed by atoms with Crippen molar-refractivity contribution in [3.8, 4) is 5.88 Å². The Labute approximate surface area is 188 Å². The SMILES string of the molecule is CCCOc1ncccc1CNC(=NC)NC1CCc2nc(COC)nn2C1.I. The highest BCUT2D eigenvalue weighted by atomic mass is 127. The number of guanidine groups is 1. The maximum atomic E-state index is 5.72. The summed E-state index contributed by atoms with van der Waals surface area (Å²) in [5.74, 6) is 3.16. The summed E-state index contributed by atoms with van der Waals surface area (Å²) in [6.45, 7) is 4.52. The molecule has 1 aliphatic rings. The molecule has 29 heavy (non-hydrogen) atoms. The first-order valence-corrected chi connectivity index (χ1v) is 9.68. The van der Waals surface area contributed by atoms with Crippen molar-refractivity contribution in [1.29, 1.82) is 0 Å². The number of pyridine rings is 1. The molecule has 3 rings (SSSR count). The molecule has 160 valence electrons. The van der Waals surface area contributed by atoms with Crippen LogP contribution >= 0.6 is 24.0 Å². The Morgan fingerprint density at radius 3 is 3.03 bits per heavy atom. The Hall–Kier alpha value is -1.95. The summed E-state index contributed by atoms with van der Waals surface area (Å²) in [4.78, 5) is 13.2. The lowest BCUT2D eigenvalue weighted by Gasteiger charge is -2.25. The van der Waals surface area contributed by atoms with Crippen LogP contribution in [-0.4, -0.2) is 52.5 Å². The number of halogens is 1. The maximum absolute atomic E-state index is 5.72. The van der Waals surface area contributed by atoms with Crippen molar-refractivity contribution in [3.05, 3.63) is 35.5 Å². The van der Waals surface area contributed by atoms with Crippen molar-refractivity contribution in [2.45, 2.75) is 51.9 Å². The Bertz CT molecular complexity index is 797. The summed E-state index contributed by atoms with van der Waals surface area (Å²) >= 11 is 0. The maximum Gasteiger partial charge on any atom is 0.218 e. The van der Waals surface area contributed by atoms with E-state index in [-0.39, 0.29) is 30.0 Å². The first-order valence-electron chi connectivity index (χ1n) is 9.68. The van der Waals surface area contributed by atoms with Crippen LogP contribution in [-0.2, 0) is 30.9 Å². The molecule has 1 unspecified atom stereocenters. The largest absolute Gasteiger partial charge is 0.477 e. The van der Waals surface area contributed by atoms with Gasteiger partial charge < -0.3 is 20.1 Å². The molecule has 0 aliphatic carbocycles. The smallest absolute Gasteiger partial charge is 0.218 e. The van der Waals surface area contributed by atoms with E-state index in [1.165, 1.54) is 0 Å². The summed E-state index contributed by atoms with van der Waals surface area (Å²) in [5, 5.41) is 11.3. The van der Waals surface area contributed by atoms with Crippen molar-refractivity contribution in [2.75, 3.05) is 20.8 Å². The minimum Gasteiger partial charge on any atom is -0.477 e. The van der Waals surface area contributed by atoms with Crippen LogP contribution in [0.2, 0.25) is 0 Å². The van der Waals surface area contributed by atoms with Crippen LogP contribution in [0.25, 0.3) is 0 Å². The van der Waals surface area contributed by atoms with Crippen LogP contribution in [0.1, 0.15) is 37.0 Å². The zero-order valence-electron chi connectivity index (χ0n) is 17.2. The summed E-state index contributed by atoms with van der Waals surface area (Å²) < 4.78 is 12.8. The quantitative estimate of drug-likeness (QED) is 0.315. The normalized spacial score (nSPS) is 16.0. The second-order valence-corrected chi connectivity index (χ2v) is 6.68. The number of methoxy groups -OCH3 is 1. The molecule has 2 aromatic heterocycles. The van der Waals surface area contributed by atoms with E-state index in [1.807, 2.05) is 16.8 Å². The lowest BCUT2D eigenvalue weighted by Crippen LogP contribution is -2.46. The molecule has 0 saturated carbocycles. The number of ether oxygens (including phenoxy) is 2. The van der Waals surface area contributed by atoms with E-state index in [1.54, 1.807) is 20.4 Å². The highest BCUT2D eigenvalue weighted by Gasteiger charge is 2.22.